The maximum atomic E-state index is 5.71. The van der Waals surface area contributed by atoms with Crippen LogP contribution < -0.4 is 5.73 Å². The Morgan fingerprint density at radius 2 is 2.00 bits per heavy atom. The van der Waals surface area contributed by atoms with Gasteiger partial charge in [-0.3, -0.25) is 0 Å². The standard InChI is InChI=1S/C10H21NO/c1-12-8-10(7-11)9-5-3-2-4-6-9/h9-10H,2-8,11H2,1H3. The fourth-order valence-corrected chi connectivity index (χ4v) is 2.22. The lowest BCUT2D eigenvalue weighted by Gasteiger charge is -2.28. The zero-order chi connectivity index (χ0) is 8.81. The van der Waals surface area contributed by atoms with Crippen molar-refractivity contribution in [3.05, 3.63) is 0 Å². The third kappa shape index (κ3) is 2.76. The number of ether oxygens (including phenoxy) is 1. The summed E-state index contributed by atoms with van der Waals surface area (Å²) in [5, 5.41) is 0. The Bertz CT molecular complexity index is 108. The number of nitrogens with two attached hydrogens (primary N) is 1. The molecule has 0 heterocycles. The van der Waals surface area contributed by atoms with Crippen molar-refractivity contribution in [1.82, 2.24) is 0 Å². The molecule has 1 aliphatic carbocycles. The van der Waals surface area contributed by atoms with Crippen molar-refractivity contribution >= 4 is 0 Å². The molecule has 0 amide bonds. The Morgan fingerprint density at radius 3 is 2.50 bits per heavy atom. The third-order valence-electron chi connectivity index (χ3n) is 3.00. The lowest BCUT2D eigenvalue weighted by Crippen LogP contribution is -2.28. The minimum Gasteiger partial charge on any atom is -0.384 e. The quantitative estimate of drug-likeness (QED) is 0.700. The summed E-state index contributed by atoms with van der Waals surface area (Å²) in [5.41, 5.74) is 5.71. The fourth-order valence-electron chi connectivity index (χ4n) is 2.22. The Morgan fingerprint density at radius 1 is 1.33 bits per heavy atom. The van der Waals surface area contributed by atoms with E-state index in [2.05, 4.69) is 0 Å². The lowest BCUT2D eigenvalue weighted by molar-refractivity contribution is 0.108. The summed E-state index contributed by atoms with van der Waals surface area (Å²) in [7, 11) is 1.77. The van der Waals surface area contributed by atoms with E-state index in [0.29, 0.717) is 5.92 Å². The first-order valence-electron chi connectivity index (χ1n) is 5.07. The summed E-state index contributed by atoms with van der Waals surface area (Å²) in [6.07, 6.45) is 6.94. The van der Waals surface area contributed by atoms with Gasteiger partial charge < -0.3 is 10.5 Å². The van der Waals surface area contributed by atoms with E-state index in [1.54, 1.807) is 7.11 Å². The molecule has 1 saturated carbocycles. The SMILES string of the molecule is COCC(CN)C1CCCCC1. The summed E-state index contributed by atoms with van der Waals surface area (Å²) in [6, 6.07) is 0. The van der Waals surface area contributed by atoms with Crippen molar-refractivity contribution in [2.75, 3.05) is 20.3 Å². The minimum absolute atomic E-state index is 0.607. The zero-order valence-corrected chi connectivity index (χ0v) is 8.09. The molecule has 0 saturated heterocycles. The molecule has 72 valence electrons. The van der Waals surface area contributed by atoms with Gasteiger partial charge in [0, 0.05) is 7.11 Å². The molecule has 1 atom stereocenters. The number of hydrogen-bond acceptors (Lipinski definition) is 2. The van der Waals surface area contributed by atoms with Gasteiger partial charge in [-0.1, -0.05) is 32.1 Å². The molecule has 0 aliphatic heterocycles. The molecule has 0 aromatic heterocycles. The Kier molecular flexibility index (Phi) is 4.62. The van der Waals surface area contributed by atoms with Crippen LogP contribution in [0.15, 0.2) is 0 Å². The third-order valence-corrected chi connectivity index (χ3v) is 3.00. The molecule has 0 aromatic carbocycles. The molecular formula is C10H21NO. The van der Waals surface area contributed by atoms with E-state index in [4.69, 9.17) is 10.5 Å². The summed E-state index contributed by atoms with van der Waals surface area (Å²) in [4.78, 5) is 0. The molecule has 1 rings (SSSR count). The van der Waals surface area contributed by atoms with Gasteiger partial charge in [0.2, 0.25) is 0 Å². The predicted octanol–water partition coefficient (Wildman–Crippen LogP) is 1.79. The summed E-state index contributed by atoms with van der Waals surface area (Å²) in [6.45, 7) is 1.64. The highest BCUT2D eigenvalue weighted by Gasteiger charge is 2.21. The first-order chi connectivity index (χ1) is 5.88. The lowest BCUT2D eigenvalue weighted by atomic mass is 9.80. The normalized spacial score (nSPS) is 22.5. The van der Waals surface area contributed by atoms with E-state index in [9.17, 15) is 0 Å². The second-order valence-electron chi connectivity index (χ2n) is 3.85. The van der Waals surface area contributed by atoms with Gasteiger partial charge in [-0.15, -0.1) is 0 Å². The summed E-state index contributed by atoms with van der Waals surface area (Å²) >= 11 is 0. The van der Waals surface area contributed by atoms with Crippen LogP contribution >= 0.6 is 0 Å². The van der Waals surface area contributed by atoms with Gasteiger partial charge in [0.05, 0.1) is 6.61 Å². The molecule has 2 heteroatoms. The molecule has 12 heavy (non-hydrogen) atoms. The Labute approximate surface area is 75.5 Å². The molecule has 2 N–H and O–H groups in total. The van der Waals surface area contributed by atoms with Crippen LogP contribution in [0.5, 0.6) is 0 Å². The van der Waals surface area contributed by atoms with Gasteiger partial charge in [-0.05, 0) is 18.4 Å². The molecule has 0 bridgehead atoms. The zero-order valence-electron chi connectivity index (χ0n) is 8.09. The second kappa shape index (κ2) is 5.55. The van der Waals surface area contributed by atoms with Crippen molar-refractivity contribution in [2.45, 2.75) is 32.1 Å². The minimum atomic E-state index is 0.607. The van der Waals surface area contributed by atoms with Crippen molar-refractivity contribution in [1.29, 1.82) is 0 Å². The first kappa shape index (κ1) is 10.0. The smallest absolute Gasteiger partial charge is 0.0505 e. The first-order valence-corrected chi connectivity index (χ1v) is 5.07. The topological polar surface area (TPSA) is 35.2 Å². The molecule has 0 spiro atoms. The number of hydrogen-bond donors (Lipinski definition) is 1. The van der Waals surface area contributed by atoms with E-state index < -0.39 is 0 Å². The highest BCUT2D eigenvalue weighted by molar-refractivity contribution is 4.74. The maximum Gasteiger partial charge on any atom is 0.0505 e. The van der Waals surface area contributed by atoms with Crippen LogP contribution in [0.4, 0.5) is 0 Å². The molecule has 0 radical (unpaired) electrons. The average molecular weight is 171 g/mol. The van der Waals surface area contributed by atoms with Gasteiger partial charge >= 0.3 is 0 Å². The average Bonchev–Trinajstić information content (AvgIpc) is 2.15. The molecule has 1 fully saturated rings. The Hall–Kier alpha value is -0.0800. The largest absolute Gasteiger partial charge is 0.384 e. The summed E-state index contributed by atoms with van der Waals surface area (Å²) in [5.74, 6) is 1.44. The second-order valence-corrected chi connectivity index (χ2v) is 3.85. The monoisotopic (exact) mass is 171 g/mol. The molecule has 1 aliphatic rings. The van der Waals surface area contributed by atoms with Crippen LogP contribution in [-0.4, -0.2) is 20.3 Å². The van der Waals surface area contributed by atoms with Crippen LogP contribution in [-0.2, 0) is 4.74 Å². The van der Waals surface area contributed by atoms with Crippen molar-refractivity contribution in [3.8, 4) is 0 Å². The number of methoxy groups -OCH3 is 1. The van der Waals surface area contributed by atoms with Crippen LogP contribution in [0, 0.1) is 11.8 Å². The summed E-state index contributed by atoms with van der Waals surface area (Å²) < 4.78 is 5.17. The van der Waals surface area contributed by atoms with Gasteiger partial charge in [0.25, 0.3) is 0 Å². The van der Waals surface area contributed by atoms with E-state index in [0.717, 1.165) is 19.1 Å². The van der Waals surface area contributed by atoms with E-state index in [-0.39, 0.29) is 0 Å². The molecule has 1 unspecified atom stereocenters. The van der Waals surface area contributed by atoms with Gasteiger partial charge in [-0.2, -0.15) is 0 Å². The Balaban J connectivity index is 2.29. The van der Waals surface area contributed by atoms with Crippen molar-refractivity contribution in [3.63, 3.8) is 0 Å². The fraction of sp³-hybridized carbons (Fsp3) is 1.00. The van der Waals surface area contributed by atoms with Crippen LogP contribution in [0.2, 0.25) is 0 Å². The number of rotatable bonds is 4. The predicted molar refractivity (Wildman–Crippen MR) is 51.0 cm³/mol. The van der Waals surface area contributed by atoms with Gasteiger partial charge in [-0.25, -0.2) is 0 Å². The van der Waals surface area contributed by atoms with E-state index in [1.165, 1.54) is 32.1 Å². The highest BCUT2D eigenvalue weighted by atomic mass is 16.5. The molecule has 0 aromatic rings. The maximum absolute atomic E-state index is 5.71. The molecule has 2 nitrogen and oxygen atoms in total. The van der Waals surface area contributed by atoms with Gasteiger partial charge in [0.15, 0.2) is 0 Å². The highest BCUT2D eigenvalue weighted by Crippen LogP contribution is 2.29. The van der Waals surface area contributed by atoms with Crippen molar-refractivity contribution < 1.29 is 4.74 Å². The van der Waals surface area contributed by atoms with E-state index >= 15 is 0 Å². The van der Waals surface area contributed by atoms with Crippen LogP contribution in [0.1, 0.15) is 32.1 Å². The van der Waals surface area contributed by atoms with E-state index in [1.807, 2.05) is 0 Å². The van der Waals surface area contributed by atoms with Crippen LogP contribution in [0.3, 0.4) is 0 Å². The van der Waals surface area contributed by atoms with Crippen LogP contribution in [0.25, 0.3) is 0 Å². The van der Waals surface area contributed by atoms with Crippen molar-refractivity contribution in [2.24, 2.45) is 17.6 Å². The van der Waals surface area contributed by atoms with Gasteiger partial charge in [0.1, 0.15) is 0 Å². The molecular weight excluding hydrogens is 150 g/mol.